The Morgan fingerprint density at radius 1 is 1.06 bits per heavy atom. The number of thiazole rings is 1. The number of aryl methyl sites for hydroxylation is 1. The number of carbonyl (C=O) groups is 1. The molecule has 0 saturated heterocycles. The topological polar surface area (TPSA) is 62.5 Å². The van der Waals surface area contributed by atoms with Crippen LogP contribution in [0.4, 0.5) is 5.69 Å². The van der Waals surface area contributed by atoms with Crippen LogP contribution in [-0.4, -0.2) is 39.3 Å². The van der Waals surface area contributed by atoms with Crippen molar-refractivity contribution in [3.8, 4) is 10.6 Å². The molecule has 0 bridgehead atoms. The Bertz CT molecular complexity index is 1430. The average molecular weight is 442 g/mol. The summed E-state index contributed by atoms with van der Waals surface area (Å²) in [5.74, 6) is -0.214. The van der Waals surface area contributed by atoms with Gasteiger partial charge in [-0.15, -0.1) is 11.3 Å². The molecule has 0 saturated carbocycles. The molecule has 0 aliphatic rings. The quantitative estimate of drug-likeness (QED) is 0.405. The number of pyridine rings is 1. The van der Waals surface area contributed by atoms with Gasteiger partial charge in [0, 0.05) is 24.0 Å². The molecule has 0 atom stereocenters. The van der Waals surface area contributed by atoms with Gasteiger partial charge in [-0.2, -0.15) is 0 Å². The van der Waals surface area contributed by atoms with E-state index in [1.165, 1.54) is 10.3 Å². The summed E-state index contributed by atoms with van der Waals surface area (Å²) >= 11 is 1.68. The lowest BCUT2D eigenvalue weighted by Crippen LogP contribution is -2.19. The number of hydrogen-bond donors (Lipinski definition) is 1. The third-order valence-electron chi connectivity index (χ3n) is 5.24. The van der Waals surface area contributed by atoms with Gasteiger partial charge in [0.2, 0.25) is 0 Å². The molecule has 0 radical (unpaired) electrons. The molecule has 32 heavy (non-hydrogen) atoms. The highest BCUT2D eigenvalue weighted by atomic mass is 32.1. The number of fused-ring (bicyclic) bond motifs is 2. The largest absolute Gasteiger partial charge is 0.321 e. The van der Waals surface area contributed by atoms with E-state index in [0.717, 1.165) is 33.1 Å². The predicted octanol–water partition coefficient (Wildman–Crippen LogP) is 5.23. The van der Waals surface area contributed by atoms with Gasteiger partial charge >= 0.3 is 0 Å². The third kappa shape index (κ3) is 3.88. The van der Waals surface area contributed by atoms with Gasteiger partial charge in [0.1, 0.15) is 10.7 Å². The second-order valence-corrected chi connectivity index (χ2v) is 9.13. The number of rotatable bonds is 5. The maximum absolute atomic E-state index is 13.1. The Morgan fingerprint density at radius 2 is 1.88 bits per heavy atom. The molecular formula is C25H23N5OS. The Kier molecular flexibility index (Phi) is 5.20. The van der Waals surface area contributed by atoms with E-state index in [4.69, 9.17) is 4.98 Å². The first-order chi connectivity index (χ1) is 15.5. The van der Waals surface area contributed by atoms with E-state index < -0.39 is 0 Å². The minimum absolute atomic E-state index is 0.214. The van der Waals surface area contributed by atoms with Crippen molar-refractivity contribution in [3.63, 3.8) is 0 Å². The molecule has 1 amide bonds. The SMILES string of the molecule is Cc1ccc2nc(-c3ccc(NC(=O)c4nc5ccccn5c4CN(C)C)cc3)sc2c1. The zero-order valence-electron chi connectivity index (χ0n) is 18.2. The highest BCUT2D eigenvalue weighted by Crippen LogP contribution is 2.31. The van der Waals surface area contributed by atoms with Crippen LogP contribution in [0.15, 0.2) is 66.9 Å². The minimum atomic E-state index is -0.214. The van der Waals surface area contributed by atoms with Crippen LogP contribution in [0.25, 0.3) is 26.4 Å². The van der Waals surface area contributed by atoms with Gasteiger partial charge in [-0.25, -0.2) is 9.97 Å². The molecule has 0 fully saturated rings. The average Bonchev–Trinajstić information content (AvgIpc) is 3.35. The number of aromatic nitrogens is 3. The van der Waals surface area contributed by atoms with Crippen molar-refractivity contribution in [2.24, 2.45) is 0 Å². The van der Waals surface area contributed by atoms with E-state index in [0.29, 0.717) is 12.2 Å². The normalized spacial score (nSPS) is 11.5. The van der Waals surface area contributed by atoms with Crippen LogP contribution in [0, 0.1) is 6.92 Å². The van der Waals surface area contributed by atoms with Gasteiger partial charge in [-0.1, -0.05) is 12.1 Å². The monoisotopic (exact) mass is 441 g/mol. The lowest BCUT2D eigenvalue weighted by Gasteiger charge is -2.11. The predicted molar refractivity (Wildman–Crippen MR) is 130 cm³/mol. The van der Waals surface area contributed by atoms with Crippen LogP contribution in [0.3, 0.4) is 0 Å². The lowest BCUT2D eigenvalue weighted by atomic mass is 10.2. The number of carbonyl (C=O) groups excluding carboxylic acids is 1. The molecule has 5 rings (SSSR count). The summed E-state index contributed by atoms with van der Waals surface area (Å²) in [4.78, 5) is 24.4. The number of amides is 1. The number of nitrogens with zero attached hydrogens (tertiary/aromatic N) is 4. The smallest absolute Gasteiger partial charge is 0.276 e. The van der Waals surface area contributed by atoms with Crippen LogP contribution >= 0.6 is 11.3 Å². The maximum Gasteiger partial charge on any atom is 0.276 e. The van der Waals surface area contributed by atoms with Gasteiger partial charge in [0.05, 0.1) is 15.9 Å². The van der Waals surface area contributed by atoms with Gasteiger partial charge in [0.15, 0.2) is 5.69 Å². The van der Waals surface area contributed by atoms with Crippen molar-refractivity contribution in [2.45, 2.75) is 13.5 Å². The van der Waals surface area contributed by atoms with Crippen molar-refractivity contribution >= 4 is 38.8 Å². The second-order valence-electron chi connectivity index (χ2n) is 8.10. The van der Waals surface area contributed by atoms with Crippen LogP contribution < -0.4 is 5.32 Å². The molecule has 1 N–H and O–H groups in total. The van der Waals surface area contributed by atoms with E-state index in [9.17, 15) is 4.79 Å². The summed E-state index contributed by atoms with van der Waals surface area (Å²) in [7, 11) is 3.96. The number of benzene rings is 2. The fourth-order valence-electron chi connectivity index (χ4n) is 3.72. The third-order valence-corrected chi connectivity index (χ3v) is 6.31. The van der Waals surface area contributed by atoms with E-state index in [-0.39, 0.29) is 5.91 Å². The zero-order valence-corrected chi connectivity index (χ0v) is 19.0. The highest BCUT2D eigenvalue weighted by Gasteiger charge is 2.19. The minimum Gasteiger partial charge on any atom is -0.321 e. The summed E-state index contributed by atoms with van der Waals surface area (Å²) in [6.45, 7) is 2.70. The number of anilines is 1. The van der Waals surface area contributed by atoms with Gasteiger partial charge < -0.3 is 14.6 Å². The summed E-state index contributed by atoms with van der Waals surface area (Å²) in [6.07, 6.45) is 1.94. The first-order valence-electron chi connectivity index (χ1n) is 10.4. The molecular weight excluding hydrogens is 418 g/mol. The second kappa shape index (κ2) is 8.18. The van der Waals surface area contributed by atoms with Crippen molar-refractivity contribution in [1.82, 2.24) is 19.3 Å². The molecule has 6 nitrogen and oxygen atoms in total. The zero-order chi connectivity index (χ0) is 22.2. The molecule has 0 aliphatic carbocycles. The van der Waals surface area contributed by atoms with Crippen molar-refractivity contribution in [3.05, 3.63) is 83.8 Å². The molecule has 5 aromatic rings. The van der Waals surface area contributed by atoms with E-state index >= 15 is 0 Å². The van der Waals surface area contributed by atoms with Crippen LogP contribution in [0.1, 0.15) is 21.7 Å². The summed E-state index contributed by atoms with van der Waals surface area (Å²) in [5, 5.41) is 3.96. The van der Waals surface area contributed by atoms with Gasteiger partial charge in [-0.05, 0) is 75.1 Å². The maximum atomic E-state index is 13.1. The van der Waals surface area contributed by atoms with Gasteiger partial charge in [0.25, 0.3) is 5.91 Å². The lowest BCUT2D eigenvalue weighted by molar-refractivity contribution is 0.102. The first-order valence-corrected chi connectivity index (χ1v) is 11.2. The van der Waals surface area contributed by atoms with Crippen LogP contribution in [-0.2, 0) is 6.54 Å². The molecule has 3 aromatic heterocycles. The van der Waals surface area contributed by atoms with E-state index in [1.54, 1.807) is 11.3 Å². The van der Waals surface area contributed by atoms with Crippen molar-refractivity contribution < 1.29 is 4.79 Å². The molecule has 0 unspecified atom stereocenters. The van der Waals surface area contributed by atoms with Crippen molar-refractivity contribution in [1.29, 1.82) is 0 Å². The van der Waals surface area contributed by atoms with E-state index in [1.807, 2.05) is 72.1 Å². The number of nitrogens with one attached hydrogen (secondary N) is 1. The molecule has 0 aliphatic heterocycles. The molecule has 160 valence electrons. The fourth-order valence-corrected chi connectivity index (χ4v) is 4.79. The van der Waals surface area contributed by atoms with Crippen LogP contribution in [0.2, 0.25) is 0 Å². The Labute approximate surface area is 190 Å². The first kappa shape index (κ1) is 20.4. The highest BCUT2D eigenvalue weighted by molar-refractivity contribution is 7.21. The number of imidazole rings is 1. The summed E-state index contributed by atoms with van der Waals surface area (Å²) in [6, 6.07) is 19.9. The Morgan fingerprint density at radius 3 is 2.66 bits per heavy atom. The Hall–Kier alpha value is -3.55. The standard InChI is InChI=1S/C25H23N5OS/c1-16-7-12-19-21(14-16)32-25(27-19)17-8-10-18(11-9-17)26-24(31)23-20(15-29(2)3)30-13-5-4-6-22(30)28-23/h4-14H,15H2,1-3H3,(H,26,31). The summed E-state index contributed by atoms with van der Waals surface area (Å²) < 4.78 is 3.14. The van der Waals surface area contributed by atoms with Gasteiger partial charge in [-0.3, -0.25) is 4.79 Å². The Balaban J connectivity index is 1.40. The molecule has 0 spiro atoms. The molecule has 2 aromatic carbocycles. The molecule has 3 heterocycles. The van der Waals surface area contributed by atoms with E-state index in [2.05, 4.69) is 35.4 Å². The van der Waals surface area contributed by atoms with Crippen LogP contribution in [0.5, 0.6) is 0 Å². The number of hydrogen-bond acceptors (Lipinski definition) is 5. The summed E-state index contributed by atoms with van der Waals surface area (Å²) in [5.41, 5.74) is 6.06. The molecule has 7 heteroatoms. The fraction of sp³-hybridized carbons (Fsp3) is 0.160. The van der Waals surface area contributed by atoms with Crippen molar-refractivity contribution in [2.75, 3.05) is 19.4 Å².